The number of nitrogens with zero attached hydrogens (tertiary/aromatic N) is 1. The minimum Gasteiger partial charge on any atom is -0.342 e. The highest BCUT2D eigenvalue weighted by Crippen LogP contribution is 2.17. The van der Waals surface area contributed by atoms with E-state index in [1.54, 1.807) is 0 Å². The van der Waals surface area contributed by atoms with Crippen molar-refractivity contribution in [3.8, 4) is 0 Å². The van der Waals surface area contributed by atoms with Gasteiger partial charge in [-0.1, -0.05) is 6.92 Å². The molecule has 0 aromatic heterocycles. The third-order valence-electron chi connectivity index (χ3n) is 3.11. The van der Waals surface area contributed by atoms with Crippen molar-refractivity contribution in [1.29, 1.82) is 0 Å². The van der Waals surface area contributed by atoms with Gasteiger partial charge in [0.15, 0.2) is 0 Å². The molecule has 2 unspecified atom stereocenters. The lowest BCUT2D eigenvalue weighted by Gasteiger charge is -2.33. The summed E-state index contributed by atoms with van der Waals surface area (Å²) in [6.07, 6.45) is 2.37. The van der Waals surface area contributed by atoms with Crippen LogP contribution in [0.1, 0.15) is 33.6 Å². The Bertz CT molecular complexity index is 190. The van der Waals surface area contributed by atoms with Gasteiger partial charge in [0.25, 0.3) is 0 Å². The standard InChI is InChI=1S/C11H22N2O/c1-4-13(5-2)11(14)10-9(3)7-6-8-12-10/h9-10,12H,4-8H2,1-3H3. The molecule has 1 heterocycles. The molecule has 14 heavy (non-hydrogen) atoms. The smallest absolute Gasteiger partial charge is 0.239 e. The van der Waals surface area contributed by atoms with Crippen LogP contribution in [0.5, 0.6) is 0 Å². The number of hydrogen-bond acceptors (Lipinski definition) is 2. The quantitative estimate of drug-likeness (QED) is 0.740. The maximum atomic E-state index is 12.0. The summed E-state index contributed by atoms with van der Waals surface area (Å²) in [4.78, 5) is 14.0. The monoisotopic (exact) mass is 198 g/mol. The number of nitrogens with one attached hydrogen (secondary N) is 1. The fraction of sp³-hybridized carbons (Fsp3) is 0.909. The molecule has 2 atom stereocenters. The van der Waals surface area contributed by atoms with Gasteiger partial charge in [-0.05, 0) is 39.2 Å². The van der Waals surface area contributed by atoms with Gasteiger partial charge < -0.3 is 10.2 Å². The first-order chi connectivity index (χ1) is 6.70. The number of piperidine rings is 1. The minimum absolute atomic E-state index is 0.0589. The second-order valence-electron chi connectivity index (χ2n) is 4.06. The van der Waals surface area contributed by atoms with Crippen molar-refractivity contribution in [2.24, 2.45) is 5.92 Å². The number of carbonyl (C=O) groups excluding carboxylic acids is 1. The van der Waals surface area contributed by atoms with Crippen LogP contribution in [-0.4, -0.2) is 36.5 Å². The summed E-state index contributed by atoms with van der Waals surface area (Å²) in [6, 6.07) is 0.0589. The Morgan fingerprint density at radius 1 is 1.43 bits per heavy atom. The average Bonchev–Trinajstić information content (AvgIpc) is 2.20. The van der Waals surface area contributed by atoms with Crippen molar-refractivity contribution in [2.45, 2.75) is 39.7 Å². The number of carbonyl (C=O) groups is 1. The molecule has 3 heteroatoms. The maximum absolute atomic E-state index is 12.0. The van der Waals surface area contributed by atoms with E-state index in [0.29, 0.717) is 5.92 Å². The van der Waals surface area contributed by atoms with Crippen LogP contribution in [0, 0.1) is 5.92 Å². The first kappa shape index (κ1) is 11.5. The maximum Gasteiger partial charge on any atom is 0.239 e. The summed E-state index contributed by atoms with van der Waals surface area (Å²) >= 11 is 0. The van der Waals surface area contributed by atoms with Gasteiger partial charge in [0.2, 0.25) is 5.91 Å². The molecule has 82 valence electrons. The lowest BCUT2D eigenvalue weighted by Crippen LogP contribution is -2.52. The first-order valence-electron chi connectivity index (χ1n) is 5.72. The highest BCUT2D eigenvalue weighted by atomic mass is 16.2. The van der Waals surface area contributed by atoms with Gasteiger partial charge in [0, 0.05) is 13.1 Å². The average molecular weight is 198 g/mol. The van der Waals surface area contributed by atoms with Gasteiger partial charge in [0.1, 0.15) is 0 Å². The molecule has 1 rings (SSSR count). The highest BCUT2D eigenvalue weighted by molar-refractivity contribution is 5.82. The Morgan fingerprint density at radius 2 is 2.07 bits per heavy atom. The predicted octanol–water partition coefficient (Wildman–Crippen LogP) is 1.24. The Hall–Kier alpha value is -0.570. The van der Waals surface area contributed by atoms with E-state index in [1.807, 2.05) is 18.7 Å². The van der Waals surface area contributed by atoms with Gasteiger partial charge in [-0.2, -0.15) is 0 Å². The van der Waals surface area contributed by atoms with E-state index in [9.17, 15) is 4.79 Å². The molecular weight excluding hydrogens is 176 g/mol. The molecule has 0 aromatic rings. The summed E-state index contributed by atoms with van der Waals surface area (Å²) in [5.41, 5.74) is 0. The van der Waals surface area contributed by atoms with E-state index in [1.165, 1.54) is 12.8 Å². The van der Waals surface area contributed by atoms with Gasteiger partial charge in [-0.3, -0.25) is 4.79 Å². The van der Waals surface area contributed by atoms with Crippen molar-refractivity contribution in [3.05, 3.63) is 0 Å². The lowest BCUT2D eigenvalue weighted by atomic mass is 9.92. The molecule has 1 aliphatic rings. The minimum atomic E-state index is 0.0589. The summed E-state index contributed by atoms with van der Waals surface area (Å²) in [5, 5.41) is 3.33. The summed E-state index contributed by atoms with van der Waals surface area (Å²) < 4.78 is 0. The highest BCUT2D eigenvalue weighted by Gasteiger charge is 2.29. The van der Waals surface area contributed by atoms with Crippen LogP contribution >= 0.6 is 0 Å². The molecule has 0 radical (unpaired) electrons. The molecule has 1 saturated heterocycles. The predicted molar refractivity (Wildman–Crippen MR) is 58.1 cm³/mol. The zero-order chi connectivity index (χ0) is 10.6. The van der Waals surface area contributed by atoms with Crippen molar-refractivity contribution >= 4 is 5.91 Å². The van der Waals surface area contributed by atoms with E-state index in [4.69, 9.17) is 0 Å². The molecule has 0 aromatic carbocycles. The molecule has 1 fully saturated rings. The third kappa shape index (κ3) is 2.47. The van der Waals surface area contributed by atoms with Crippen LogP contribution in [0.3, 0.4) is 0 Å². The molecule has 0 bridgehead atoms. The van der Waals surface area contributed by atoms with Crippen LogP contribution in [0.15, 0.2) is 0 Å². The molecule has 1 N–H and O–H groups in total. The summed E-state index contributed by atoms with van der Waals surface area (Å²) in [7, 11) is 0. The molecular formula is C11H22N2O. The van der Waals surface area contributed by atoms with E-state index in [0.717, 1.165) is 19.6 Å². The largest absolute Gasteiger partial charge is 0.342 e. The van der Waals surface area contributed by atoms with Crippen molar-refractivity contribution in [3.63, 3.8) is 0 Å². The van der Waals surface area contributed by atoms with Crippen LogP contribution in [0.4, 0.5) is 0 Å². The molecule has 0 saturated carbocycles. The van der Waals surface area contributed by atoms with Crippen molar-refractivity contribution in [1.82, 2.24) is 10.2 Å². The SMILES string of the molecule is CCN(CC)C(=O)C1NCCCC1C. The number of hydrogen-bond donors (Lipinski definition) is 1. The Kier molecular flexibility index (Phi) is 4.39. The fourth-order valence-corrected chi connectivity index (χ4v) is 2.11. The topological polar surface area (TPSA) is 32.3 Å². The Morgan fingerprint density at radius 3 is 2.57 bits per heavy atom. The normalized spacial score (nSPS) is 27.4. The first-order valence-corrected chi connectivity index (χ1v) is 5.72. The zero-order valence-electron chi connectivity index (χ0n) is 9.55. The van der Waals surface area contributed by atoms with Gasteiger partial charge >= 0.3 is 0 Å². The van der Waals surface area contributed by atoms with Crippen LogP contribution in [0.2, 0.25) is 0 Å². The fourth-order valence-electron chi connectivity index (χ4n) is 2.11. The summed E-state index contributed by atoms with van der Waals surface area (Å²) in [6.45, 7) is 8.87. The van der Waals surface area contributed by atoms with E-state index >= 15 is 0 Å². The second kappa shape index (κ2) is 5.35. The molecule has 1 amide bonds. The second-order valence-corrected chi connectivity index (χ2v) is 4.06. The van der Waals surface area contributed by atoms with E-state index in [-0.39, 0.29) is 11.9 Å². The summed E-state index contributed by atoms with van der Waals surface area (Å²) in [5.74, 6) is 0.763. The molecule has 0 spiro atoms. The molecule has 0 aliphatic carbocycles. The number of amides is 1. The van der Waals surface area contributed by atoms with Gasteiger partial charge in [-0.25, -0.2) is 0 Å². The lowest BCUT2D eigenvalue weighted by molar-refractivity contribution is -0.134. The number of likely N-dealkylation sites (N-methyl/N-ethyl adjacent to an activating group) is 1. The third-order valence-corrected chi connectivity index (χ3v) is 3.11. The Balaban J connectivity index is 2.57. The van der Waals surface area contributed by atoms with E-state index < -0.39 is 0 Å². The van der Waals surface area contributed by atoms with Crippen molar-refractivity contribution < 1.29 is 4.79 Å². The van der Waals surface area contributed by atoms with Crippen LogP contribution < -0.4 is 5.32 Å². The molecule has 3 nitrogen and oxygen atoms in total. The van der Waals surface area contributed by atoms with Gasteiger partial charge in [0.05, 0.1) is 6.04 Å². The van der Waals surface area contributed by atoms with Crippen molar-refractivity contribution in [2.75, 3.05) is 19.6 Å². The Labute approximate surface area is 86.9 Å². The van der Waals surface area contributed by atoms with E-state index in [2.05, 4.69) is 12.2 Å². The molecule has 1 aliphatic heterocycles. The van der Waals surface area contributed by atoms with Crippen LogP contribution in [0.25, 0.3) is 0 Å². The van der Waals surface area contributed by atoms with Gasteiger partial charge in [-0.15, -0.1) is 0 Å². The zero-order valence-corrected chi connectivity index (χ0v) is 9.55. The van der Waals surface area contributed by atoms with Crippen LogP contribution in [-0.2, 0) is 4.79 Å². The number of rotatable bonds is 3.